The molecule has 0 bridgehead atoms. The molecule has 0 unspecified atom stereocenters. The van der Waals surface area contributed by atoms with Crippen LogP contribution < -0.4 is 5.73 Å². The standard InChI is InChI=1S/C23H26N4O2S/c1-15(2)18-12-19(26-25-18)21(28)27-9-8-23(14-27,22(24)29)13-16-5-3-6-17(11-16)20-7-4-10-30-20/h3-7,10-12,15H,8-9,13-14H2,1-2H3,(H2,24,29)(H,25,26)/t23-/m0/s1. The molecule has 1 atom stereocenters. The molecule has 3 aromatic rings. The highest BCUT2D eigenvalue weighted by atomic mass is 32.1. The quantitative estimate of drug-likeness (QED) is 0.632. The lowest BCUT2D eigenvalue weighted by molar-refractivity contribution is -0.126. The molecule has 0 radical (unpaired) electrons. The van der Waals surface area contributed by atoms with Gasteiger partial charge in [-0.1, -0.05) is 44.2 Å². The first kappa shape index (κ1) is 20.3. The van der Waals surface area contributed by atoms with E-state index in [4.69, 9.17) is 5.73 Å². The number of nitrogens with one attached hydrogen (secondary N) is 1. The Balaban J connectivity index is 1.53. The highest BCUT2D eigenvalue weighted by Crippen LogP contribution is 2.36. The van der Waals surface area contributed by atoms with Crippen molar-refractivity contribution in [3.8, 4) is 10.4 Å². The van der Waals surface area contributed by atoms with Gasteiger partial charge < -0.3 is 10.6 Å². The van der Waals surface area contributed by atoms with Crippen molar-refractivity contribution in [1.82, 2.24) is 15.1 Å². The summed E-state index contributed by atoms with van der Waals surface area (Å²) in [6.45, 7) is 4.89. The molecular weight excluding hydrogens is 396 g/mol. The maximum atomic E-state index is 12.9. The summed E-state index contributed by atoms with van der Waals surface area (Å²) in [5, 5.41) is 9.14. The number of amides is 2. The Morgan fingerprint density at radius 3 is 2.77 bits per heavy atom. The molecule has 2 amide bonds. The fourth-order valence-electron chi connectivity index (χ4n) is 4.05. The van der Waals surface area contributed by atoms with Crippen LogP contribution in [-0.4, -0.2) is 40.0 Å². The minimum atomic E-state index is -0.763. The molecule has 156 valence electrons. The number of nitrogens with zero attached hydrogens (tertiary/aromatic N) is 2. The van der Waals surface area contributed by atoms with E-state index in [0.717, 1.165) is 16.8 Å². The second-order valence-corrected chi connectivity index (χ2v) is 9.29. The van der Waals surface area contributed by atoms with Crippen molar-refractivity contribution >= 4 is 23.2 Å². The van der Waals surface area contributed by atoms with Gasteiger partial charge in [-0.2, -0.15) is 5.10 Å². The summed E-state index contributed by atoms with van der Waals surface area (Å²) in [5.41, 5.74) is 8.59. The molecule has 6 nitrogen and oxygen atoms in total. The largest absolute Gasteiger partial charge is 0.369 e. The van der Waals surface area contributed by atoms with E-state index in [9.17, 15) is 9.59 Å². The lowest BCUT2D eigenvalue weighted by Crippen LogP contribution is -2.42. The van der Waals surface area contributed by atoms with Crippen molar-refractivity contribution in [3.63, 3.8) is 0 Å². The molecular formula is C23H26N4O2S. The van der Waals surface area contributed by atoms with E-state index in [1.54, 1.807) is 22.3 Å². The van der Waals surface area contributed by atoms with Crippen LogP contribution in [0.1, 0.15) is 47.9 Å². The summed E-state index contributed by atoms with van der Waals surface area (Å²) >= 11 is 1.68. The predicted octanol–water partition coefficient (Wildman–Crippen LogP) is 3.82. The third kappa shape index (κ3) is 3.89. The molecule has 3 N–H and O–H groups in total. The number of thiophene rings is 1. The van der Waals surface area contributed by atoms with Gasteiger partial charge >= 0.3 is 0 Å². The van der Waals surface area contributed by atoms with Crippen LogP contribution in [-0.2, 0) is 11.2 Å². The molecule has 1 saturated heterocycles. The van der Waals surface area contributed by atoms with E-state index in [0.29, 0.717) is 31.6 Å². The number of hydrogen-bond donors (Lipinski definition) is 2. The van der Waals surface area contributed by atoms with Gasteiger partial charge in [0.15, 0.2) is 0 Å². The zero-order valence-corrected chi connectivity index (χ0v) is 18.0. The number of aromatic amines is 1. The average molecular weight is 423 g/mol. The summed E-state index contributed by atoms with van der Waals surface area (Å²) in [5.74, 6) is -0.254. The SMILES string of the molecule is CC(C)c1cc(C(=O)N2CC[C@@](Cc3cccc(-c4cccs4)c3)(C(N)=O)C2)n[nH]1. The number of hydrogen-bond acceptors (Lipinski definition) is 4. The van der Waals surface area contributed by atoms with Crippen molar-refractivity contribution < 1.29 is 9.59 Å². The van der Waals surface area contributed by atoms with Gasteiger partial charge in [0.05, 0.1) is 5.41 Å². The van der Waals surface area contributed by atoms with Gasteiger partial charge in [-0.05, 0) is 47.4 Å². The van der Waals surface area contributed by atoms with Crippen LogP contribution >= 0.6 is 11.3 Å². The van der Waals surface area contributed by atoms with E-state index < -0.39 is 5.41 Å². The molecule has 2 aromatic heterocycles. The molecule has 30 heavy (non-hydrogen) atoms. The minimum Gasteiger partial charge on any atom is -0.369 e. The Hall–Kier alpha value is -2.93. The van der Waals surface area contributed by atoms with E-state index in [1.165, 1.54) is 4.88 Å². The summed E-state index contributed by atoms with van der Waals surface area (Å²) in [6, 6.07) is 14.1. The average Bonchev–Trinajstić information content (AvgIpc) is 3.48. The lowest BCUT2D eigenvalue weighted by Gasteiger charge is -2.26. The Morgan fingerprint density at radius 1 is 1.27 bits per heavy atom. The molecule has 1 aliphatic rings. The Labute approximate surface area is 180 Å². The number of carbonyl (C=O) groups is 2. The fourth-order valence-corrected chi connectivity index (χ4v) is 4.77. The van der Waals surface area contributed by atoms with Gasteiger partial charge in [0.25, 0.3) is 5.91 Å². The van der Waals surface area contributed by atoms with Crippen molar-refractivity contribution in [2.75, 3.05) is 13.1 Å². The van der Waals surface area contributed by atoms with Gasteiger partial charge in [-0.3, -0.25) is 14.7 Å². The van der Waals surface area contributed by atoms with Crippen LogP contribution in [0, 0.1) is 5.41 Å². The molecule has 7 heteroatoms. The van der Waals surface area contributed by atoms with Crippen LogP contribution in [0.3, 0.4) is 0 Å². The number of nitrogens with two attached hydrogens (primary N) is 1. The topological polar surface area (TPSA) is 92.1 Å². The molecule has 0 spiro atoms. The lowest BCUT2D eigenvalue weighted by atomic mass is 9.80. The molecule has 1 fully saturated rings. The number of benzene rings is 1. The maximum Gasteiger partial charge on any atom is 0.274 e. The van der Waals surface area contributed by atoms with Crippen LogP contribution in [0.2, 0.25) is 0 Å². The van der Waals surface area contributed by atoms with Crippen LogP contribution in [0.15, 0.2) is 47.8 Å². The third-order valence-electron chi connectivity index (χ3n) is 5.88. The van der Waals surface area contributed by atoms with Crippen molar-refractivity contribution in [1.29, 1.82) is 0 Å². The molecule has 4 rings (SSSR count). The Morgan fingerprint density at radius 2 is 2.10 bits per heavy atom. The predicted molar refractivity (Wildman–Crippen MR) is 118 cm³/mol. The van der Waals surface area contributed by atoms with E-state index in [-0.39, 0.29) is 17.7 Å². The van der Waals surface area contributed by atoms with E-state index in [2.05, 4.69) is 28.4 Å². The number of H-pyrrole nitrogens is 1. The summed E-state index contributed by atoms with van der Waals surface area (Å²) in [7, 11) is 0. The van der Waals surface area contributed by atoms with Gasteiger partial charge in [-0.25, -0.2) is 0 Å². The number of likely N-dealkylation sites (tertiary alicyclic amines) is 1. The number of primary amides is 1. The summed E-state index contributed by atoms with van der Waals surface area (Å²) in [6.07, 6.45) is 1.07. The molecule has 1 aliphatic heterocycles. The summed E-state index contributed by atoms with van der Waals surface area (Å²) < 4.78 is 0. The number of carbonyl (C=O) groups excluding carboxylic acids is 2. The molecule has 0 saturated carbocycles. The van der Waals surface area contributed by atoms with Gasteiger partial charge in [0.1, 0.15) is 5.69 Å². The van der Waals surface area contributed by atoms with Gasteiger partial charge in [0.2, 0.25) is 5.91 Å². The van der Waals surface area contributed by atoms with Gasteiger partial charge in [-0.15, -0.1) is 11.3 Å². The molecule has 0 aliphatic carbocycles. The first-order valence-electron chi connectivity index (χ1n) is 10.2. The first-order chi connectivity index (χ1) is 14.4. The normalized spacial score (nSPS) is 18.8. The van der Waals surface area contributed by atoms with E-state index in [1.807, 2.05) is 37.4 Å². The summed E-state index contributed by atoms with van der Waals surface area (Å²) in [4.78, 5) is 28.3. The Kier molecular flexibility index (Phi) is 5.47. The zero-order valence-electron chi connectivity index (χ0n) is 17.2. The van der Waals surface area contributed by atoms with Crippen LogP contribution in [0.5, 0.6) is 0 Å². The second-order valence-electron chi connectivity index (χ2n) is 8.34. The van der Waals surface area contributed by atoms with Gasteiger partial charge in [0, 0.05) is 23.7 Å². The zero-order chi connectivity index (χ0) is 21.3. The molecule has 1 aromatic carbocycles. The van der Waals surface area contributed by atoms with Crippen LogP contribution in [0.25, 0.3) is 10.4 Å². The molecule has 3 heterocycles. The van der Waals surface area contributed by atoms with Crippen molar-refractivity contribution in [2.24, 2.45) is 11.1 Å². The Bertz CT molecular complexity index is 1060. The monoisotopic (exact) mass is 422 g/mol. The van der Waals surface area contributed by atoms with Crippen LogP contribution in [0.4, 0.5) is 0 Å². The van der Waals surface area contributed by atoms with E-state index >= 15 is 0 Å². The highest BCUT2D eigenvalue weighted by molar-refractivity contribution is 7.13. The van der Waals surface area contributed by atoms with Crippen molar-refractivity contribution in [2.45, 2.75) is 32.6 Å². The number of aromatic nitrogens is 2. The number of rotatable bonds is 6. The first-order valence-corrected chi connectivity index (χ1v) is 11.0. The third-order valence-corrected chi connectivity index (χ3v) is 6.80. The smallest absolute Gasteiger partial charge is 0.274 e. The van der Waals surface area contributed by atoms with Crippen molar-refractivity contribution in [3.05, 3.63) is 64.8 Å². The maximum absolute atomic E-state index is 12.9. The highest BCUT2D eigenvalue weighted by Gasteiger charge is 2.45. The minimum absolute atomic E-state index is 0.159. The fraction of sp³-hybridized carbons (Fsp3) is 0.348. The second kappa shape index (κ2) is 8.07.